The van der Waals surface area contributed by atoms with Crippen molar-refractivity contribution in [2.45, 2.75) is 57.8 Å². The predicted molar refractivity (Wildman–Crippen MR) is 73.9 cm³/mol. The molecule has 3 heteroatoms. The summed E-state index contributed by atoms with van der Waals surface area (Å²) in [4.78, 5) is 0. The van der Waals surface area contributed by atoms with Crippen molar-refractivity contribution >= 4 is 46.3 Å². The molecule has 0 aromatic carbocycles. The maximum absolute atomic E-state index is 5.59. The molecule has 15 heavy (non-hydrogen) atoms. The molecule has 0 bridgehead atoms. The molecule has 0 fully saturated rings. The van der Waals surface area contributed by atoms with E-state index in [9.17, 15) is 0 Å². The van der Waals surface area contributed by atoms with Crippen LogP contribution in [0.1, 0.15) is 60.6 Å². The zero-order chi connectivity index (χ0) is 10.5. The van der Waals surface area contributed by atoms with Gasteiger partial charge in [-0.1, -0.05) is 44.4 Å². The molecule has 0 atom stereocenters. The zero-order valence-electron chi connectivity index (χ0n) is 11.5. The molecule has 0 amide bonds. The minimum absolute atomic E-state index is 0. The molecule has 0 nitrogen and oxygen atoms in total. The number of hydrogen-bond acceptors (Lipinski definition) is 0. The number of hydrogen-bond donors (Lipinski definition) is 0. The van der Waals surface area contributed by atoms with Crippen LogP contribution < -0.4 is 0 Å². The van der Waals surface area contributed by atoms with Gasteiger partial charge in [-0.05, 0) is 24.4 Å². The first kappa shape index (κ1) is 18.3. The van der Waals surface area contributed by atoms with Crippen molar-refractivity contribution < 1.29 is 2.85 Å². The van der Waals surface area contributed by atoms with E-state index in [0.717, 1.165) is 12.3 Å². The van der Waals surface area contributed by atoms with Crippen LogP contribution in [0.5, 0.6) is 0 Å². The summed E-state index contributed by atoms with van der Waals surface area (Å²) in [6, 6.07) is 0. The first-order valence-corrected chi connectivity index (χ1v) is 6.47. The number of halogens is 2. The van der Waals surface area contributed by atoms with Gasteiger partial charge >= 0.3 is 23.1 Å². The molecule has 0 aliphatic heterocycles. The fourth-order valence-corrected chi connectivity index (χ4v) is 1.70. The van der Waals surface area contributed by atoms with Gasteiger partial charge in [0, 0.05) is 17.7 Å². The second-order valence-corrected chi connectivity index (χ2v) is 4.11. The summed E-state index contributed by atoms with van der Waals surface area (Å²) in [5.74, 6) is 3.68. The Bertz CT molecular complexity index is 170. The third-order valence-corrected chi connectivity index (χ3v) is 2.65. The van der Waals surface area contributed by atoms with E-state index < -0.39 is 0 Å². The van der Waals surface area contributed by atoms with Gasteiger partial charge in [-0.25, -0.2) is 0 Å². The van der Waals surface area contributed by atoms with Crippen molar-refractivity contribution in [3.8, 4) is 11.3 Å². The van der Waals surface area contributed by atoms with Crippen LogP contribution in [-0.4, -0.2) is 28.9 Å². The van der Waals surface area contributed by atoms with E-state index >= 15 is 0 Å². The van der Waals surface area contributed by atoms with Crippen LogP contribution in [0.2, 0.25) is 0 Å². The Labute approximate surface area is 124 Å². The van der Waals surface area contributed by atoms with Gasteiger partial charge in [0.25, 0.3) is 0 Å². The Balaban J connectivity index is -0.000000282. The van der Waals surface area contributed by atoms with Crippen molar-refractivity contribution in [1.29, 1.82) is 0 Å². The van der Waals surface area contributed by atoms with E-state index in [1.54, 1.807) is 0 Å². The van der Waals surface area contributed by atoms with Crippen molar-refractivity contribution in [3.63, 3.8) is 0 Å². The molecule has 0 N–H and O–H groups in total. The Kier molecular flexibility index (Phi) is 21.1. The van der Waals surface area contributed by atoms with Crippen LogP contribution in [0.25, 0.3) is 0 Å². The number of unbranched alkanes of at least 4 members (excludes halogenated alkanes) is 8. The van der Waals surface area contributed by atoms with Gasteiger partial charge in [0.1, 0.15) is 0 Å². The molecule has 0 saturated carbocycles. The van der Waals surface area contributed by atoms with E-state index in [1.165, 1.54) is 51.4 Å². The third-order valence-electron chi connectivity index (χ3n) is 2.25. The first-order valence-electron chi connectivity index (χ1n) is 5.56. The van der Waals surface area contributed by atoms with Crippen molar-refractivity contribution in [2.75, 3.05) is 5.88 Å². The molecule has 0 heterocycles. The number of alkyl halides is 1. The third kappa shape index (κ3) is 17.5. The van der Waals surface area contributed by atoms with E-state index in [-0.39, 0.29) is 25.9 Å². The molecule has 0 aromatic heterocycles. The molecule has 0 saturated heterocycles. The Hall–Kier alpha value is 0.906. The normalized spacial score (nSPS) is 8.93. The zero-order valence-corrected chi connectivity index (χ0v) is 12.5. The molecule has 0 radical (unpaired) electrons. The van der Waals surface area contributed by atoms with Crippen LogP contribution in [-0.2, 0) is 0 Å². The van der Waals surface area contributed by atoms with Crippen LogP contribution in [0.3, 0.4) is 0 Å². The monoisotopic (exact) mass is 260 g/mol. The minimum atomic E-state index is 0. The predicted octanol–water partition coefficient (Wildman–Crippen LogP) is 4.78. The molecule has 0 aliphatic rings. The molecule has 0 aliphatic carbocycles. The quantitative estimate of drug-likeness (QED) is 0.242. The summed E-state index contributed by atoms with van der Waals surface area (Å²) >= 11 is 10.8. The second-order valence-electron chi connectivity index (χ2n) is 3.54. The standard InChI is InChI=1S/C12H20Cl2.Mg.2H/c13-11-9-7-5-3-1-2-4-6-8-10-12-14;;;/h1-9,11H2;;;/q;+2;2*-1. The van der Waals surface area contributed by atoms with E-state index in [1.807, 2.05) is 0 Å². The first-order chi connectivity index (χ1) is 6.91. The molecule has 86 valence electrons. The molecule has 0 aromatic rings. The fraction of sp³-hybridized carbons (Fsp3) is 0.833. The minimum Gasteiger partial charge on any atom is -1.00 e. The summed E-state index contributed by atoms with van der Waals surface area (Å²) < 4.78 is 0. The summed E-state index contributed by atoms with van der Waals surface area (Å²) in [5.41, 5.74) is 0. The van der Waals surface area contributed by atoms with Gasteiger partial charge in [-0.3, -0.25) is 0 Å². The number of rotatable bonds is 9. The molecule has 0 rings (SSSR count). The summed E-state index contributed by atoms with van der Waals surface area (Å²) in [5, 5.41) is 2.40. The van der Waals surface area contributed by atoms with Gasteiger partial charge in [0.2, 0.25) is 0 Å². The van der Waals surface area contributed by atoms with Crippen LogP contribution in [0, 0.1) is 11.3 Å². The van der Waals surface area contributed by atoms with Crippen LogP contribution in [0.15, 0.2) is 0 Å². The van der Waals surface area contributed by atoms with Gasteiger partial charge < -0.3 is 2.85 Å². The summed E-state index contributed by atoms with van der Waals surface area (Å²) in [6.45, 7) is 0. The van der Waals surface area contributed by atoms with E-state index in [0.29, 0.717) is 0 Å². The maximum Gasteiger partial charge on any atom is 2.00 e. The molecule has 0 spiro atoms. The SMILES string of the molecule is ClC#CCCCCCCCCCCCl.[H-].[H-].[Mg+2]. The summed E-state index contributed by atoms with van der Waals surface area (Å²) in [6.07, 6.45) is 11.3. The molecule has 0 unspecified atom stereocenters. The van der Waals surface area contributed by atoms with Gasteiger partial charge in [-0.15, -0.1) is 11.6 Å². The molecular weight excluding hydrogens is 239 g/mol. The van der Waals surface area contributed by atoms with Crippen LogP contribution >= 0.6 is 23.2 Å². The van der Waals surface area contributed by atoms with Gasteiger partial charge in [0.05, 0.1) is 0 Å². The Morgan fingerprint density at radius 3 is 1.73 bits per heavy atom. The average molecular weight is 262 g/mol. The Morgan fingerprint density at radius 2 is 1.27 bits per heavy atom. The smallest absolute Gasteiger partial charge is 1.00 e. The average Bonchev–Trinajstić information content (AvgIpc) is 2.21. The van der Waals surface area contributed by atoms with Gasteiger partial charge in [0.15, 0.2) is 0 Å². The van der Waals surface area contributed by atoms with E-state index in [2.05, 4.69) is 11.3 Å². The topological polar surface area (TPSA) is 0 Å². The fourth-order valence-electron chi connectivity index (χ4n) is 1.42. The maximum atomic E-state index is 5.59. The second kappa shape index (κ2) is 17.3. The van der Waals surface area contributed by atoms with Crippen molar-refractivity contribution in [2.24, 2.45) is 0 Å². The Morgan fingerprint density at radius 1 is 0.800 bits per heavy atom. The summed E-state index contributed by atoms with van der Waals surface area (Å²) in [7, 11) is 0. The van der Waals surface area contributed by atoms with Gasteiger partial charge in [-0.2, -0.15) is 0 Å². The van der Waals surface area contributed by atoms with Crippen molar-refractivity contribution in [3.05, 3.63) is 0 Å². The van der Waals surface area contributed by atoms with E-state index in [4.69, 9.17) is 23.2 Å². The largest absolute Gasteiger partial charge is 2.00 e. The van der Waals surface area contributed by atoms with Crippen molar-refractivity contribution in [1.82, 2.24) is 0 Å². The van der Waals surface area contributed by atoms with Crippen LogP contribution in [0.4, 0.5) is 0 Å². The molecular formula is C12H22Cl2Mg.